The summed E-state index contributed by atoms with van der Waals surface area (Å²) >= 11 is 5.83. The number of carboxylic acid groups (broad SMARTS) is 1. The fourth-order valence-electron chi connectivity index (χ4n) is 2.28. The lowest BCUT2D eigenvalue weighted by Gasteiger charge is -2.25. The highest BCUT2D eigenvalue weighted by molar-refractivity contribution is 6.33. The molecule has 2 N–H and O–H groups in total. The molecular weight excluding hydrogens is 349 g/mol. The zero-order chi connectivity index (χ0) is 18.1. The molecule has 1 aliphatic rings. The van der Waals surface area contributed by atoms with Gasteiger partial charge in [0, 0.05) is 6.04 Å². The first-order valence-corrected chi connectivity index (χ1v) is 7.62. The number of hydrogen-bond donors (Lipinski definition) is 2. The lowest BCUT2D eigenvalue weighted by atomic mass is 10.2. The molecule has 24 heavy (non-hydrogen) atoms. The summed E-state index contributed by atoms with van der Waals surface area (Å²) in [4.78, 5) is 24.7. The number of halogens is 4. The Morgan fingerprint density at radius 1 is 1.42 bits per heavy atom. The Kier molecular flexibility index (Phi) is 5.39. The van der Waals surface area contributed by atoms with Crippen LogP contribution < -0.4 is 5.32 Å². The van der Waals surface area contributed by atoms with Crippen molar-refractivity contribution in [3.8, 4) is 0 Å². The van der Waals surface area contributed by atoms with Gasteiger partial charge < -0.3 is 10.4 Å². The number of amides is 1. The lowest BCUT2D eigenvalue weighted by Crippen LogP contribution is -2.44. The second kappa shape index (κ2) is 6.98. The van der Waals surface area contributed by atoms with Crippen molar-refractivity contribution in [2.45, 2.75) is 38.0 Å². The predicted molar refractivity (Wildman–Crippen MR) is 81.9 cm³/mol. The maximum Gasteiger partial charge on any atom is 0.416 e. The van der Waals surface area contributed by atoms with Gasteiger partial charge in [0.15, 0.2) is 0 Å². The third kappa shape index (κ3) is 4.61. The minimum Gasteiger partial charge on any atom is -0.480 e. The van der Waals surface area contributed by atoms with Crippen LogP contribution in [0.2, 0.25) is 5.02 Å². The number of anilines is 1. The van der Waals surface area contributed by atoms with E-state index in [0.29, 0.717) is 0 Å². The number of benzene rings is 1. The van der Waals surface area contributed by atoms with E-state index in [1.54, 1.807) is 0 Å². The van der Waals surface area contributed by atoms with E-state index in [4.69, 9.17) is 16.7 Å². The number of carbonyl (C=O) groups excluding carboxylic acids is 1. The molecule has 2 rings (SSSR count). The van der Waals surface area contributed by atoms with Crippen LogP contribution in [-0.4, -0.2) is 40.5 Å². The van der Waals surface area contributed by atoms with Crippen LogP contribution in [0.15, 0.2) is 18.2 Å². The smallest absolute Gasteiger partial charge is 0.416 e. The summed E-state index contributed by atoms with van der Waals surface area (Å²) in [6.07, 6.45) is -2.98. The van der Waals surface area contributed by atoms with Gasteiger partial charge in [0.05, 0.1) is 22.8 Å². The molecule has 9 heteroatoms. The molecule has 0 heterocycles. The Morgan fingerprint density at radius 2 is 2.04 bits per heavy atom. The molecule has 1 unspecified atom stereocenters. The minimum atomic E-state index is -4.55. The Morgan fingerprint density at radius 3 is 2.54 bits per heavy atom. The largest absolute Gasteiger partial charge is 0.480 e. The van der Waals surface area contributed by atoms with Crippen molar-refractivity contribution in [3.05, 3.63) is 28.8 Å². The molecule has 0 aromatic heterocycles. The van der Waals surface area contributed by atoms with Crippen molar-refractivity contribution >= 4 is 29.2 Å². The number of carboxylic acids is 1. The van der Waals surface area contributed by atoms with E-state index in [0.717, 1.165) is 31.0 Å². The van der Waals surface area contributed by atoms with Gasteiger partial charge in [-0.2, -0.15) is 13.2 Å². The van der Waals surface area contributed by atoms with Gasteiger partial charge in [0.25, 0.3) is 0 Å². The predicted octanol–water partition coefficient (Wildman–Crippen LogP) is 3.23. The maximum absolute atomic E-state index is 12.7. The highest BCUT2D eigenvalue weighted by atomic mass is 35.5. The van der Waals surface area contributed by atoms with E-state index in [9.17, 15) is 22.8 Å². The first-order chi connectivity index (χ1) is 11.1. The SMILES string of the molecule is CC(C(=O)O)N(CC(=O)Nc1cc(C(F)(F)F)ccc1Cl)C1CC1. The maximum atomic E-state index is 12.7. The van der Waals surface area contributed by atoms with Gasteiger partial charge in [0.2, 0.25) is 5.91 Å². The molecule has 0 saturated heterocycles. The highest BCUT2D eigenvalue weighted by Crippen LogP contribution is 2.34. The molecule has 1 aliphatic carbocycles. The molecule has 1 amide bonds. The van der Waals surface area contributed by atoms with E-state index in [1.165, 1.54) is 11.8 Å². The van der Waals surface area contributed by atoms with E-state index in [-0.39, 0.29) is 23.3 Å². The summed E-state index contributed by atoms with van der Waals surface area (Å²) in [5.41, 5.74) is -1.09. The standard InChI is InChI=1S/C15H16ClF3N2O3/c1-8(14(23)24)21(10-3-4-10)7-13(22)20-12-6-9(15(17,18)19)2-5-11(12)16/h2,5-6,8,10H,3-4,7H2,1H3,(H,20,22)(H,23,24). The first-order valence-electron chi connectivity index (χ1n) is 7.24. The fraction of sp³-hybridized carbons (Fsp3) is 0.467. The Bertz CT molecular complexity index is 647. The monoisotopic (exact) mass is 364 g/mol. The average Bonchev–Trinajstić information content (AvgIpc) is 3.29. The third-order valence-corrected chi connectivity index (χ3v) is 4.09. The van der Waals surface area contributed by atoms with Gasteiger partial charge in [-0.25, -0.2) is 0 Å². The summed E-state index contributed by atoms with van der Waals surface area (Å²) in [5, 5.41) is 11.4. The lowest BCUT2D eigenvalue weighted by molar-refractivity contribution is -0.143. The van der Waals surface area contributed by atoms with Crippen molar-refractivity contribution in [3.63, 3.8) is 0 Å². The Hall–Kier alpha value is -1.80. The molecule has 0 aliphatic heterocycles. The van der Waals surface area contributed by atoms with Crippen molar-refractivity contribution in [2.75, 3.05) is 11.9 Å². The third-order valence-electron chi connectivity index (χ3n) is 3.76. The zero-order valence-corrected chi connectivity index (χ0v) is 13.5. The van der Waals surface area contributed by atoms with E-state index in [2.05, 4.69) is 5.32 Å². The second-order valence-corrected chi connectivity index (χ2v) is 6.07. The van der Waals surface area contributed by atoms with Crippen LogP contribution in [0, 0.1) is 0 Å². The van der Waals surface area contributed by atoms with Crippen molar-refractivity contribution in [1.29, 1.82) is 0 Å². The number of aliphatic carboxylic acids is 1. The van der Waals surface area contributed by atoms with Gasteiger partial charge >= 0.3 is 12.1 Å². The van der Waals surface area contributed by atoms with Gasteiger partial charge in [0.1, 0.15) is 6.04 Å². The number of alkyl halides is 3. The quantitative estimate of drug-likeness (QED) is 0.813. The second-order valence-electron chi connectivity index (χ2n) is 5.66. The van der Waals surface area contributed by atoms with Crippen LogP contribution in [0.4, 0.5) is 18.9 Å². The first kappa shape index (κ1) is 18.5. The molecule has 1 fully saturated rings. The molecule has 5 nitrogen and oxygen atoms in total. The molecular formula is C15H16ClF3N2O3. The number of nitrogens with one attached hydrogen (secondary N) is 1. The number of nitrogens with zero attached hydrogens (tertiary/aromatic N) is 1. The molecule has 1 aromatic carbocycles. The summed E-state index contributed by atoms with van der Waals surface area (Å²) in [6.45, 7) is 1.23. The van der Waals surface area contributed by atoms with Crippen LogP contribution in [0.3, 0.4) is 0 Å². The number of rotatable bonds is 6. The topological polar surface area (TPSA) is 69.6 Å². The van der Waals surface area contributed by atoms with Crippen molar-refractivity contribution in [1.82, 2.24) is 4.90 Å². The molecule has 132 valence electrons. The molecule has 1 atom stereocenters. The Balaban J connectivity index is 2.10. The van der Waals surface area contributed by atoms with Gasteiger partial charge in [-0.3, -0.25) is 14.5 Å². The van der Waals surface area contributed by atoms with Crippen molar-refractivity contribution in [2.24, 2.45) is 0 Å². The molecule has 0 bridgehead atoms. The van der Waals surface area contributed by atoms with Gasteiger partial charge in [-0.05, 0) is 38.0 Å². The summed E-state index contributed by atoms with van der Waals surface area (Å²) in [5.74, 6) is -1.68. The van der Waals surface area contributed by atoms with E-state index in [1.807, 2.05) is 0 Å². The molecule has 0 spiro atoms. The van der Waals surface area contributed by atoms with E-state index < -0.39 is 29.7 Å². The molecule has 1 saturated carbocycles. The highest BCUT2D eigenvalue weighted by Gasteiger charge is 2.36. The normalized spacial score (nSPS) is 16.1. The van der Waals surface area contributed by atoms with Crippen LogP contribution in [0.5, 0.6) is 0 Å². The van der Waals surface area contributed by atoms with Crippen LogP contribution in [0.25, 0.3) is 0 Å². The van der Waals surface area contributed by atoms with E-state index >= 15 is 0 Å². The van der Waals surface area contributed by atoms with Gasteiger partial charge in [-0.15, -0.1) is 0 Å². The van der Waals surface area contributed by atoms with Crippen LogP contribution in [0.1, 0.15) is 25.3 Å². The molecule has 0 radical (unpaired) electrons. The Labute approximate surface area is 141 Å². The summed E-state index contributed by atoms with van der Waals surface area (Å²) in [7, 11) is 0. The number of hydrogen-bond acceptors (Lipinski definition) is 3. The van der Waals surface area contributed by atoms with Crippen LogP contribution >= 0.6 is 11.6 Å². The minimum absolute atomic E-state index is 0.00108. The molecule has 1 aromatic rings. The zero-order valence-electron chi connectivity index (χ0n) is 12.7. The van der Waals surface area contributed by atoms with Crippen LogP contribution in [-0.2, 0) is 15.8 Å². The van der Waals surface area contributed by atoms with Gasteiger partial charge in [-0.1, -0.05) is 11.6 Å². The fourth-order valence-corrected chi connectivity index (χ4v) is 2.45. The average molecular weight is 365 g/mol. The summed E-state index contributed by atoms with van der Waals surface area (Å²) in [6, 6.07) is 1.76. The number of carbonyl (C=O) groups is 2. The summed E-state index contributed by atoms with van der Waals surface area (Å²) < 4.78 is 38.2. The van der Waals surface area contributed by atoms with Crippen molar-refractivity contribution < 1.29 is 27.9 Å².